The number of hydrogen-bond donors (Lipinski definition) is 2. The molecule has 0 spiro atoms. The number of thioether (sulfide) groups is 1. The number of nitrogens with two attached hydrogens (primary N) is 1. The molecule has 5 heteroatoms. The summed E-state index contributed by atoms with van der Waals surface area (Å²) in [5.41, 5.74) is 5.33. The number of hydrogen-bond acceptors (Lipinski definition) is 2. The molecule has 0 aromatic heterocycles. The van der Waals surface area contributed by atoms with Gasteiger partial charge in [-0.3, -0.25) is 5.41 Å². The van der Waals surface area contributed by atoms with Crippen molar-refractivity contribution in [2.75, 3.05) is 0 Å². The molecule has 82 valence electrons. The van der Waals surface area contributed by atoms with Crippen molar-refractivity contribution in [1.29, 1.82) is 5.41 Å². The normalized spacial score (nSPS) is 12.5. The number of rotatable bonds is 4. The van der Waals surface area contributed by atoms with Crippen LogP contribution < -0.4 is 5.73 Å². The monoisotopic (exact) mass is 262 g/mol. The van der Waals surface area contributed by atoms with Gasteiger partial charge in [-0.25, -0.2) is 0 Å². The molecule has 2 nitrogen and oxygen atoms in total. The van der Waals surface area contributed by atoms with Crippen LogP contribution in [-0.2, 0) is 0 Å². The van der Waals surface area contributed by atoms with Crippen molar-refractivity contribution in [3.8, 4) is 0 Å². The molecule has 0 amide bonds. The van der Waals surface area contributed by atoms with E-state index in [-0.39, 0.29) is 11.1 Å². The van der Waals surface area contributed by atoms with Gasteiger partial charge in [0.2, 0.25) is 0 Å². The van der Waals surface area contributed by atoms with Crippen molar-refractivity contribution in [2.24, 2.45) is 5.73 Å². The van der Waals surface area contributed by atoms with Crippen LogP contribution in [0.3, 0.4) is 0 Å². The highest BCUT2D eigenvalue weighted by Crippen LogP contribution is 2.33. The van der Waals surface area contributed by atoms with E-state index in [2.05, 4.69) is 0 Å². The zero-order valence-corrected chi connectivity index (χ0v) is 10.6. The Labute approximate surface area is 104 Å². The first-order chi connectivity index (χ1) is 6.99. The number of nitrogens with one attached hydrogen (secondary N) is 1. The third kappa shape index (κ3) is 4.33. The van der Waals surface area contributed by atoms with Gasteiger partial charge in [0.25, 0.3) is 0 Å². The zero-order valence-electron chi connectivity index (χ0n) is 8.26. The van der Waals surface area contributed by atoms with E-state index in [9.17, 15) is 0 Å². The summed E-state index contributed by atoms with van der Waals surface area (Å²) in [7, 11) is 0. The van der Waals surface area contributed by atoms with E-state index in [4.69, 9.17) is 34.3 Å². The molecule has 0 aliphatic carbocycles. The quantitative estimate of drug-likeness (QED) is 0.493. The fraction of sp³-hybridized carbons (Fsp3) is 0.300. The van der Waals surface area contributed by atoms with Crippen molar-refractivity contribution in [3.05, 3.63) is 28.2 Å². The lowest BCUT2D eigenvalue weighted by molar-refractivity contribution is 0.996. The molecular formula is C10H12Cl2N2S. The molecular weight excluding hydrogens is 251 g/mol. The minimum atomic E-state index is 0.188. The fourth-order valence-corrected chi connectivity index (χ4v) is 2.70. The molecule has 0 aliphatic heterocycles. The summed E-state index contributed by atoms with van der Waals surface area (Å²) >= 11 is 13.5. The molecule has 1 unspecified atom stereocenters. The first-order valence-electron chi connectivity index (χ1n) is 4.43. The Bertz CT molecular complexity index is 368. The van der Waals surface area contributed by atoms with Gasteiger partial charge in [0, 0.05) is 21.6 Å². The van der Waals surface area contributed by atoms with Crippen LogP contribution in [0.4, 0.5) is 0 Å². The maximum atomic E-state index is 7.19. The second kappa shape index (κ2) is 5.64. The highest BCUT2D eigenvalue weighted by molar-refractivity contribution is 8.00. The van der Waals surface area contributed by atoms with Crippen LogP contribution in [0.1, 0.15) is 13.3 Å². The molecule has 0 heterocycles. The first kappa shape index (κ1) is 12.7. The summed E-state index contributed by atoms with van der Waals surface area (Å²) in [6.07, 6.45) is 0.549. The van der Waals surface area contributed by atoms with E-state index in [1.807, 2.05) is 13.0 Å². The van der Waals surface area contributed by atoms with Gasteiger partial charge in [-0.1, -0.05) is 30.1 Å². The Morgan fingerprint density at radius 3 is 2.80 bits per heavy atom. The van der Waals surface area contributed by atoms with E-state index in [0.717, 1.165) is 4.90 Å². The summed E-state index contributed by atoms with van der Waals surface area (Å²) < 4.78 is 0. The highest BCUT2D eigenvalue weighted by Gasteiger charge is 2.09. The smallest absolute Gasteiger partial charge is 0.0916 e. The lowest BCUT2D eigenvalue weighted by atomic mass is 10.3. The van der Waals surface area contributed by atoms with Gasteiger partial charge in [0.15, 0.2) is 0 Å². The van der Waals surface area contributed by atoms with E-state index >= 15 is 0 Å². The average Bonchev–Trinajstić information content (AvgIpc) is 2.10. The van der Waals surface area contributed by atoms with Crippen LogP contribution in [0.2, 0.25) is 10.0 Å². The SMILES string of the molecule is CC(CC(=N)N)Sc1cc(Cl)ccc1Cl. The summed E-state index contributed by atoms with van der Waals surface area (Å²) in [5, 5.41) is 8.76. The van der Waals surface area contributed by atoms with Crippen LogP contribution in [0.5, 0.6) is 0 Å². The fourth-order valence-electron chi connectivity index (χ4n) is 1.14. The molecule has 0 saturated carbocycles. The van der Waals surface area contributed by atoms with Crippen molar-refractivity contribution in [2.45, 2.75) is 23.5 Å². The van der Waals surface area contributed by atoms with Gasteiger partial charge in [0.05, 0.1) is 10.9 Å². The second-order valence-electron chi connectivity index (χ2n) is 3.23. The molecule has 0 saturated heterocycles. The Balaban J connectivity index is 2.71. The molecule has 3 N–H and O–H groups in total. The maximum absolute atomic E-state index is 7.19. The Morgan fingerprint density at radius 2 is 2.20 bits per heavy atom. The lowest BCUT2D eigenvalue weighted by Gasteiger charge is -2.11. The Kier molecular flexibility index (Phi) is 4.77. The standard InChI is InChI=1S/C10H12Cl2N2S/c1-6(4-10(13)14)15-9-5-7(11)2-3-8(9)12/h2-3,5-6H,4H2,1H3,(H3,13,14). The molecule has 1 rings (SSSR count). The third-order valence-corrected chi connectivity index (χ3v) is 3.57. The average molecular weight is 263 g/mol. The van der Waals surface area contributed by atoms with E-state index in [1.165, 1.54) is 0 Å². The highest BCUT2D eigenvalue weighted by atomic mass is 35.5. The van der Waals surface area contributed by atoms with Crippen molar-refractivity contribution < 1.29 is 0 Å². The van der Waals surface area contributed by atoms with E-state index in [1.54, 1.807) is 23.9 Å². The largest absolute Gasteiger partial charge is 0.388 e. The van der Waals surface area contributed by atoms with Gasteiger partial charge in [-0.2, -0.15) is 0 Å². The molecule has 0 bridgehead atoms. The lowest BCUT2D eigenvalue weighted by Crippen LogP contribution is -2.14. The molecule has 0 aliphatic rings. The van der Waals surface area contributed by atoms with Gasteiger partial charge >= 0.3 is 0 Å². The van der Waals surface area contributed by atoms with Crippen molar-refractivity contribution in [3.63, 3.8) is 0 Å². The summed E-state index contributed by atoms with van der Waals surface area (Å²) in [6.45, 7) is 2.00. The predicted octanol–water partition coefficient (Wildman–Crippen LogP) is 3.80. The molecule has 15 heavy (non-hydrogen) atoms. The molecule has 0 fully saturated rings. The molecule has 0 radical (unpaired) electrons. The first-order valence-corrected chi connectivity index (χ1v) is 6.07. The van der Waals surface area contributed by atoms with E-state index < -0.39 is 0 Å². The second-order valence-corrected chi connectivity index (χ2v) is 5.56. The maximum Gasteiger partial charge on any atom is 0.0916 e. The summed E-state index contributed by atoms with van der Waals surface area (Å²) in [5.74, 6) is 0.188. The predicted molar refractivity (Wildman–Crippen MR) is 68.3 cm³/mol. The number of halogens is 2. The van der Waals surface area contributed by atoms with Crippen LogP contribution in [0, 0.1) is 5.41 Å². The molecule has 1 aromatic rings. The zero-order chi connectivity index (χ0) is 11.4. The van der Waals surface area contributed by atoms with Gasteiger partial charge in [-0.15, -0.1) is 11.8 Å². The topological polar surface area (TPSA) is 49.9 Å². The summed E-state index contributed by atoms with van der Waals surface area (Å²) in [4.78, 5) is 0.929. The van der Waals surface area contributed by atoms with Gasteiger partial charge in [0.1, 0.15) is 0 Å². The Morgan fingerprint density at radius 1 is 1.53 bits per heavy atom. The van der Waals surface area contributed by atoms with E-state index in [0.29, 0.717) is 16.5 Å². The van der Waals surface area contributed by atoms with Crippen LogP contribution in [0.25, 0.3) is 0 Å². The van der Waals surface area contributed by atoms with Crippen LogP contribution in [0.15, 0.2) is 23.1 Å². The van der Waals surface area contributed by atoms with Gasteiger partial charge < -0.3 is 5.73 Å². The van der Waals surface area contributed by atoms with Crippen LogP contribution >= 0.6 is 35.0 Å². The number of benzene rings is 1. The molecule has 1 atom stereocenters. The minimum Gasteiger partial charge on any atom is -0.388 e. The third-order valence-electron chi connectivity index (χ3n) is 1.73. The Hall–Kier alpha value is -0.380. The van der Waals surface area contributed by atoms with Crippen LogP contribution in [-0.4, -0.2) is 11.1 Å². The van der Waals surface area contributed by atoms with Crippen molar-refractivity contribution in [1.82, 2.24) is 0 Å². The van der Waals surface area contributed by atoms with Gasteiger partial charge in [-0.05, 0) is 18.2 Å². The minimum absolute atomic E-state index is 0.188. The van der Waals surface area contributed by atoms with Crippen molar-refractivity contribution >= 4 is 40.8 Å². The number of amidine groups is 1. The summed E-state index contributed by atoms with van der Waals surface area (Å²) in [6, 6.07) is 5.35. The molecule has 1 aromatic carbocycles.